The molecular weight excluding hydrogens is 370 g/mol. The summed E-state index contributed by atoms with van der Waals surface area (Å²) >= 11 is 1.25. The van der Waals surface area contributed by atoms with Crippen LogP contribution in [0.5, 0.6) is 0 Å². The molecule has 0 bridgehead atoms. The van der Waals surface area contributed by atoms with Crippen LogP contribution in [-0.4, -0.2) is 46.5 Å². The molecule has 0 saturated carbocycles. The maximum Gasteiger partial charge on any atom is 0.356 e. The fraction of sp³-hybridized carbons (Fsp3) is 0.125. The van der Waals surface area contributed by atoms with E-state index in [2.05, 4.69) is 30.5 Å². The van der Waals surface area contributed by atoms with Crippen LogP contribution in [0.2, 0.25) is 0 Å². The zero-order valence-corrected chi connectivity index (χ0v) is 15.2. The Hall–Kier alpha value is -3.47. The van der Waals surface area contributed by atoms with Gasteiger partial charge in [-0.1, -0.05) is 5.10 Å². The number of ether oxygens (including phenoxy) is 1. The van der Waals surface area contributed by atoms with Crippen molar-refractivity contribution in [3.63, 3.8) is 0 Å². The molecule has 0 unspecified atom stereocenters. The van der Waals surface area contributed by atoms with Crippen molar-refractivity contribution in [1.29, 1.82) is 0 Å². The highest BCUT2D eigenvalue weighted by Gasteiger charge is 2.14. The van der Waals surface area contributed by atoms with E-state index in [-0.39, 0.29) is 11.7 Å². The molecule has 2 aromatic heterocycles. The van der Waals surface area contributed by atoms with Gasteiger partial charge in [-0.3, -0.25) is 10.3 Å². The van der Waals surface area contributed by atoms with Crippen LogP contribution in [-0.2, 0) is 4.74 Å². The number of aromatic nitrogens is 4. The first kappa shape index (κ1) is 18.3. The van der Waals surface area contributed by atoms with Crippen LogP contribution < -0.4 is 11.1 Å². The summed E-state index contributed by atoms with van der Waals surface area (Å²) in [7, 11) is 2.94. The Balaban J connectivity index is 1.94. The number of hydrogen-bond acceptors (Lipinski definition) is 11. The van der Waals surface area contributed by atoms with Gasteiger partial charge >= 0.3 is 12.0 Å². The van der Waals surface area contributed by atoms with Crippen molar-refractivity contribution in [2.24, 2.45) is 4.99 Å². The van der Waals surface area contributed by atoms with Gasteiger partial charge in [0.25, 0.3) is 0 Å². The summed E-state index contributed by atoms with van der Waals surface area (Å²) in [4.78, 5) is 25.3. The summed E-state index contributed by atoms with van der Waals surface area (Å²) in [5, 5.41) is 10.4. The Bertz CT molecular complexity index is 976. The number of nitrogens with two attached hydrogens (primary N) is 1. The molecule has 0 aliphatic carbocycles. The quantitative estimate of drug-likeness (QED) is 0.280. The number of benzene rings is 1. The molecule has 3 aromatic rings. The lowest BCUT2D eigenvalue weighted by molar-refractivity contribution is 0.0593. The molecule has 0 aliphatic rings. The van der Waals surface area contributed by atoms with E-state index in [1.54, 1.807) is 19.3 Å². The zero-order chi connectivity index (χ0) is 19.2. The van der Waals surface area contributed by atoms with Crippen molar-refractivity contribution in [2.75, 3.05) is 25.2 Å². The predicted molar refractivity (Wildman–Crippen MR) is 99.4 cm³/mol. The Morgan fingerprint density at radius 1 is 1.37 bits per heavy atom. The van der Waals surface area contributed by atoms with Gasteiger partial charge in [-0.2, -0.15) is 0 Å². The van der Waals surface area contributed by atoms with Crippen molar-refractivity contribution < 1.29 is 13.9 Å². The topological polar surface area (TPSA) is 141 Å². The fourth-order valence-corrected chi connectivity index (χ4v) is 2.87. The largest absolute Gasteiger partial charge is 0.464 e. The molecule has 0 saturated heterocycles. The second kappa shape index (κ2) is 8.27. The molecule has 3 N–H and O–H groups in total. The zero-order valence-electron chi connectivity index (χ0n) is 14.4. The average Bonchev–Trinajstić information content (AvgIpc) is 3.17. The Kier molecular flexibility index (Phi) is 5.61. The molecule has 138 valence electrons. The minimum absolute atomic E-state index is 0.0859. The van der Waals surface area contributed by atoms with Crippen LogP contribution in [0, 0.1) is 0 Å². The number of methoxy groups -OCH3 is 1. The lowest BCUT2D eigenvalue weighted by Crippen LogP contribution is -2.08. The highest BCUT2D eigenvalue weighted by molar-refractivity contribution is 7.99. The van der Waals surface area contributed by atoms with Gasteiger partial charge in [-0.05, 0) is 30.0 Å². The van der Waals surface area contributed by atoms with Crippen LogP contribution in [0.15, 0.2) is 50.1 Å². The molecule has 0 amide bonds. The Morgan fingerprint density at radius 3 is 2.93 bits per heavy atom. The lowest BCUT2D eigenvalue weighted by Gasteiger charge is -2.08. The first-order valence-corrected chi connectivity index (χ1v) is 8.41. The van der Waals surface area contributed by atoms with Gasteiger partial charge in [-0.25, -0.2) is 14.8 Å². The molecule has 0 atom stereocenters. The van der Waals surface area contributed by atoms with Crippen LogP contribution in [0.1, 0.15) is 16.1 Å². The van der Waals surface area contributed by atoms with Gasteiger partial charge in [0, 0.05) is 35.5 Å². The van der Waals surface area contributed by atoms with E-state index in [4.69, 9.17) is 14.9 Å². The lowest BCUT2D eigenvalue weighted by atomic mass is 10.2. The van der Waals surface area contributed by atoms with Gasteiger partial charge in [-0.15, -0.1) is 5.10 Å². The van der Waals surface area contributed by atoms with E-state index in [9.17, 15) is 4.79 Å². The van der Waals surface area contributed by atoms with Crippen LogP contribution in [0.4, 0.5) is 17.5 Å². The third kappa shape index (κ3) is 4.58. The highest BCUT2D eigenvalue weighted by Crippen LogP contribution is 2.28. The second-order valence-corrected chi connectivity index (χ2v) is 6.10. The first-order valence-electron chi connectivity index (χ1n) is 7.59. The number of carbonyl (C=O) groups is 1. The van der Waals surface area contributed by atoms with Crippen molar-refractivity contribution in [2.45, 2.75) is 10.1 Å². The third-order valence-corrected chi connectivity index (χ3v) is 4.09. The van der Waals surface area contributed by atoms with Gasteiger partial charge in [0.1, 0.15) is 5.82 Å². The van der Waals surface area contributed by atoms with E-state index in [1.807, 2.05) is 12.1 Å². The number of aliphatic imine (C=N–C) groups is 1. The number of nitrogens with zero attached hydrogens (tertiary/aromatic N) is 5. The molecule has 10 nitrogen and oxygen atoms in total. The van der Waals surface area contributed by atoms with E-state index in [0.717, 1.165) is 10.5 Å². The molecule has 0 radical (unpaired) electrons. The molecule has 1 aromatic carbocycles. The predicted octanol–water partition coefficient (Wildman–Crippen LogP) is 2.17. The number of nitrogens with one attached hydrogen (secondary N) is 1. The average molecular weight is 385 g/mol. The minimum atomic E-state index is -0.594. The summed E-state index contributed by atoms with van der Waals surface area (Å²) in [5.41, 5.74) is 7.39. The van der Waals surface area contributed by atoms with E-state index in [0.29, 0.717) is 16.7 Å². The SMILES string of the molecule is CN=Cc1cc(Sc2nc(Nc3nnco3)cc(C(=O)OC)n2)ccc1N. The highest BCUT2D eigenvalue weighted by atomic mass is 32.2. The summed E-state index contributed by atoms with van der Waals surface area (Å²) < 4.78 is 9.78. The molecule has 0 spiro atoms. The number of anilines is 3. The van der Waals surface area contributed by atoms with Crippen molar-refractivity contribution in [3.8, 4) is 0 Å². The first-order chi connectivity index (χ1) is 13.1. The monoisotopic (exact) mass is 385 g/mol. The van der Waals surface area contributed by atoms with Crippen LogP contribution in [0.25, 0.3) is 0 Å². The number of nitrogen functional groups attached to an aromatic ring is 1. The summed E-state index contributed by atoms with van der Waals surface area (Å²) in [5.74, 6) is -0.285. The molecular formula is C16H15N7O3S. The number of rotatable bonds is 6. The van der Waals surface area contributed by atoms with Gasteiger partial charge in [0.2, 0.25) is 6.39 Å². The maximum absolute atomic E-state index is 11.9. The van der Waals surface area contributed by atoms with Crippen molar-refractivity contribution >= 4 is 41.5 Å². The summed E-state index contributed by atoms with van der Waals surface area (Å²) in [6.45, 7) is 0. The molecule has 27 heavy (non-hydrogen) atoms. The third-order valence-electron chi connectivity index (χ3n) is 3.23. The van der Waals surface area contributed by atoms with Gasteiger partial charge in [0.05, 0.1) is 7.11 Å². The van der Waals surface area contributed by atoms with Crippen molar-refractivity contribution in [3.05, 3.63) is 41.9 Å². The summed E-state index contributed by atoms with van der Waals surface area (Å²) in [6, 6.07) is 7.01. The van der Waals surface area contributed by atoms with E-state index < -0.39 is 5.97 Å². The summed E-state index contributed by atoms with van der Waals surface area (Å²) in [6.07, 6.45) is 2.83. The second-order valence-electron chi connectivity index (χ2n) is 5.06. The fourth-order valence-electron chi connectivity index (χ4n) is 2.05. The smallest absolute Gasteiger partial charge is 0.356 e. The van der Waals surface area contributed by atoms with Crippen molar-refractivity contribution in [1.82, 2.24) is 20.2 Å². The van der Waals surface area contributed by atoms with Gasteiger partial charge < -0.3 is 14.9 Å². The standard InChI is InChI=1S/C16H15N7O3S/c1-18-7-9-5-10(3-4-11(9)17)27-16-20-12(14(24)25-2)6-13(22-16)21-15-23-19-8-26-15/h3-8H,17H2,1-2H3,(H,20,21,22,23). The Labute approximate surface area is 158 Å². The molecule has 2 heterocycles. The van der Waals surface area contributed by atoms with Crippen LogP contribution >= 0.6 is 11.8 Å². The van der Waals surface area contributed by atoms with Crippen LogP contribution in [0.3, 0.4) is 0 Å². The number of carbonyl (C=O) groups excluding carboxylic acids is 1. The Morgan fingerprint density at radius 2 is 2.22 bits per heavy atom. The number of hydrogen-bond donors (Lipinski definition) is 2. The van der Waals surface area contributed by atoms with Gasteiger partial charge in [0.15, 0.2) is 10.9 Å². The minimum Gasteiger partial charge on any atom is -0.464 e. The van der Waals surface area contributed by atoms with E-state index in [1.165, 1.54) is 31.3 Å². The number of esters is 1. The maximum atomic E-state index is 11.9. The molecule has 0 fully saturated rings. The molecule has 11 heteroatoms. The molecule has 0 aliphatic heterocycles. The van der Waals surface area contributed by atoms with E-state index >= 15 is 0 Å². The molecule has 3 rings (SSSR count). The normalized spacial score (nSPS) is 10.9.